The van der Waals surface area contributed by atoms with E-state index < -0.39 is 0 Å². The first kappa shape index (κ1) is 14.9. The van der Waals surface area contributed by atoms with Gasteiger partial charge in [-0.25, -0.2) is 4.98 Å². The van der Waals surface area contributed by atoms with Crippen molar-refractivity contribution >= 4 is 28.7 Å². The van der Waals surface area contributed by atoms with Gasteiger partial charge in [-0.3, -0.25) is 0 Å². The molecule has 120 valence electrons. The summed E-state index contributed by atoms with van der Waals surface area (Å²) in [6, 6.07) is 19.3. The normalized spacial score (nSPS) is 15.2. The van der Waals surface area contributed by atoms with E-state index in [0.29, 0.717) is 0 Å². The van der Waals surface area contributed by atoms with Gasteiger partial charge in [0.1, 0.15) is 5.82 Å². The maximum absolute atomic E-state index is 4.56. The Morgan fingerprint density at radius 3 is 2.58 bits per heavy atom. The third-order valence-electron chi connectivity index (χ3n) is 4.73. The van der Waals surface area contributed by atoms with Crippen LogP contribution in [0.25, 0.3) is 22.9 Å². The second-order valence-electron chi connectivity index (χ2n) is 6.40. The van der Waals surface area contributed by atoms with Crippen molar-refractivity contribution in [3.63, 3.8) is 0 Å². The van der Waals surface area contributed by atoms with E-state index >= 15 is 0 Å². The molecule has 0 spiro atoms. The number of aromatic nitrogens is 1. The summed E-state index contributed by atoms with van der Waals surface area (Å²) in [4.78, 5) is 6.96. The van der Waals surface area contributed by atoms with Gasteiger partial charge in [0.05, 0.1) is 0 Å². The summed E-state index contributed by atoms with van der Waals surface area (Å²) in [7, 11) is 0. The van der Waals surface area contributed by atoms with Crippen molar-refractivity contribution in [2.24, 2.45) is 0 Å². The van der Waals surface area contributed by atoms with Crippen molar-refractivity contribution in [2.45, 2.75) is 19.3 Å². The first-order valence-corrected chi connectivity index (χ1v) is 8.77. The van der Waals surface area contributed by atoms with Crippen molar-refractivity contribution in [1.82, 2.24) is 4.98 Å². The van der Waals surface area contributed by atoms with Crippen molar-refractivity contribution in [3.8, 4) is 0 Å². The Morgan fingerprint density at radius 2 is 1.67 bits per heavy atom. The minimum atomic E-state index is 1.11. The Hall–Kier alpha value is -2.61. The number of piperidine rings is 1. The van der Waals surface area contributed by atoms with Gasteiger partial charge in [0, 0.05) is 19.3 Å². The van der Waals surface area contributed by atoms with E-state index in [1.54, 1.807) is 0 Å². The molecule has 1 aliphatic heterocycles. The topological polar surface area (TPSA) is 16.1 Å². The molecule has 2 aromatic carbocycles. The molecule has 0 radical (unpaired) electrons. The van der Waals surface area contributed by atoms with Gasteiger partial charge in [0.25, 0.3) is 0 Å². The van der Waals surface area contributed by atoms with E-state index in [-0.39, 0.29) is 0 Å². The Labute approximate surface area is 143 Å². The highest BCUT2D eigenvalue weighted by atomic mass is 15.2. The third-order valence-corrected chi connectivity index (χ3v) is 4.73. The summed E-state index contributed by atoms with van der Waals surface area (Å²) in [6.45, 7) is 2.26. The van der Waals surface area contributed by atoms with E-state index in [0.717, 1.165) is 18.9 Å². The number of nitrogens with zero attached hydrogens (tertiary/aromatic N) is 2. The third kappa shape index (κ3) is 3.18. The smallest absolute Gasteiger partial charge is 0.129 e. The molecule has 24 heavy (non-hydrogen) atoms. The van der Waals surface area contributed by atoms with Crippen molar-refractivity contribution in [2.75, 3.05) is 18.0 Å². The molecular weight excluding hydrogens is 292 g/mol. The van der Waals surface area contributed by atoms with E-state index in [4.69, 9.17) is 0 Å². The maximum atomic E-state index is 4.56. The molecule has 0 N–H and O–H groups in total. The quantitative estimate of drug-likeness (QED) is 0.644. The van der Waals surface area contributed by atoms with Crippen LogP contribution in [0.4, 0.5) is 5.82 Å². The van der Waals surface area contributed by atoms with Gasteiger partial charge in [0.15, 0.2) is 0 Å². The van der Waals surface area contributed by atoms with Crippen LogP contribution in [0.5, 0.6) is 0 Å². The molecule has 0 unspecified atom stereocenters. The van der Waals surface area contributed by atoms with Crippen LogP contribution in [0.1, 0.15) is 30.4 Å². The number of hydrogen-bond donors (Lipinski definition) is 0. The van der Waals surface area contributed by atoms with Crippen molar-refractivity contribution in [1.29, 1.82) is 0 Å². The molecule has 3 aromatic rings. The summed E-state index contributed by atoms with van der Waals surface area (Å²) >= 11 is 0. The predicted octanol–water partition coefficient (Wildman–Crippen LogP) is 5.40. The molecule has 0 aliphatic carbocycles. The Morgan fingerprint density at radius 1 is 0.833 bits per heavy atom. The fourth-order valence-corrected chi connectivity index (χ4v) is 3.42. The minimum absolute atomic E-state index is 1.11. The zero-order valence-corrected chi connectivity index (χ0v) is 13.9. The zero-order chi connectivity index (χ0) is 16.2. The first-order chi connectivity index (χ1) is 11.9. The van der Waals surface area contributed by atoms with Crippen LogP contribution in [0, 0.1) is 0 Å². The fraction of sp³-hybridized carbons (Fsp3) is 0.227. The Balaban J connectivity index is 1.61. The lowest BCUT2D eigenvalue weighted by atomic mass is 10.0. The molecule has 2 heteroatoms. The highest BCUT2D eigenvalue weighted by Crippen LogP contribution is 2.22. The summed E-state index contributed by atoms with van der Waals surface area (Å²) in [5.74, 6) is 1.11. The summed E-state index contributed by atoms with van der Waals surface area (Å²) < 4.78 is 0. The average molecular weight is 314 g/mol. The minimum Gasteiger partial charge on any atom is -0.357 e. The molecule has 4 rings (SSSR count). The van der Waals surface area contributed by atoms with Crippen LogP contribution >= 0.6 is 0 Å². The van der Waals surface area contributed by atoms with Crippen LogP contribution < -0.4 is 4.90 Å². The fourth-order valence-electron chi connectivity index (χ4n) is 3.42. The monoisotopic (exact) mass is 314 g/mol. The van der Waals surface area contributed by atoms with Gasteiger partial charge in [0.2, 0.25) is 0 Å². The van der Waals surface area contributed by atoms with Crippen molar-refractivity contribution in [3.05, 3.63) is 71.9 Å². The van der Waals surface area contributed by atoms with E-state index in [2.05, 4.69) is 76.6 Å². The molecule has 1 saturated heterocycles. The van der Waals surface area contributed by atoms with E-state index in [9.17, 15) is 0 Å². The van der Waals surface area contributed by atoms with Crippen LogP contribution in [0.15, 0.2) is 60.8 Å². The molecule has 0 atom stereocenters. The van der Waals surface area contributed by atoms with Crippen LogP contribution in [-0.4, -0.2) is 18.1 Å². The second-order valence-corrected chi connectivity index (χ2v) is 6.40. The average Bonchev–Trinajstić information content (AvgIpc) is 2.67. The van der Waals surface area contributed by atoms with Gasteiger partial charge in [-0.05, 0) is 53.3 Å². The highest BCUT2D eigenvalue weighted by molar-refractivity contribution is 5.92. The van der Waals surface area contributed by atoms with Crippen molar-refractivity contribution < 1.29 is 0 Å². The number of rotatable bonds is 3. The largest absolute Gasteiger partial charge is 0.357 e. The molecule has 0 saturated carbocycles. The standard InChI is InChI=1S/C22H22N2/c1-4-15-24(16-5-1)22-17-18(13-14-23-22)11-12-20-9-6-8-19-7-2-3-10-21(19)20/h2-3,6-14,17H,1,4-5,15-16H2/b12-11+. The molecule has 1 fully saturated rings. The molecule has 2 heterocycles. The molecule has 0 bridgehead atoms. The molecule has 2 nitrogen and oxygen atoms in total. The Kier molecular flexibility index (Phi) is 4.28. The lowest BCUT2D eigenvalue weighted by Crippen LogP contribution is -2.30. The van der Waals surface area contributed by atoms with E-state index in [1.807, 2.05) is 6.20 Å². The lowest BCUT2D eigenvalue weighted by Gasteiger charge is -2.27. The molecule has 1 aliphatic rings. The first-order valence-electron chi connectivity index (χ1n) is 8.77. The predicted molar refractivity (Wildman–Crippen MR) is 103 cm³/mol. The summed E-state index contributed by atoms with van der Waals surface area (Å²) in [5, 5.41) is 2.57. The number of benzene rings is 2. The number of hydrogen-bond acceptors (Lipinski definition) is 2. The molecule has 1 aromatic heterocycles. The van der Waals surface area contributed by atoms with E-state index in [1.165, 1.54) is 41.2 Å². The maximum Gasteiger partial charge on any atom is 0.129 e. The highest BCUT2D eigenvalue weighted by Gasteiger charge is 2.11. The van der Waals surface area contributed by atoms with Crippen LogP contribution in [0.3, 0.4) is 0 Å². The van der Waals surface area contributed by atoms with Gasteiger partial charge >= 0.3 is 0 Å². The van der Waals surface area contributed by atoms with Crippen LogP contribution in [0.2, 0.25) is 0 Å². The number of pyridine rings is 1. The van der Waals surface area contributed by atoms with Gasteiger partial charge in [-0.1, -0.05) is 54.6 Å². The SMILES string of the molecule is C(=C\c1cccc2ccccc12)/c1ccnc(N2CCCCC2)c1. The summed E-state index contributed by atoms with van der Waals surface area (Å²) in [5.41, 5.74) is 2.46. The van der Waals surface area contributed by atoms with Crippen LogP contribution in [-0.2, 0) is 0 Å². The second kappa shape index (κ2) is 6.88. The Bertz CT molecular complexity index is 855. The molecule has 0 amide bonds. The van der Waals surface area contributed by atoms with Gasteiger partial charge < -0.3 is 4.90 Å². The molecular formula is C22H22N2. The number of fused-ring (bicyclic) bond motifs is 1. The van der Waals surface area contributed by atoms with Gasteiger partial charge in [-0.15, -0.1) is 0 Å². The summed E-state index contributed by atoms with van der Waals surface area (Å²) in [6.07, 6.45) is 10.2. The number of anilines is 1. The zero-order valence-electron chi connectivity index (χ0n) is 13.9. The lowest BCUT2D eigenvalue weighted by molar-refractivity contribution is 0.573. The van der Waals surface area contributed by atoms with Gasteiger partial charge in [-0.2, -0.15) is 0 Å².